The van der Waals surface area contributed by atoms with Crippen molar-refractivity contribution in [3.05, 3.63) is 24.3 Å². The summed E-state index contributed by atoms with van der Waals surface area (Å²) in [7, 11) is 0.501. The minimum atomic E-state index is -3.86. The number of hydrogen-bond acceptors (Lipinski definition) is 5. The lowest BCUT2D eigenvalue weighted by atomic mass is 10.3. The molecule has 0 amide bonds. The van der Waals surface area contributed by atoms with Crippen LogP contribution in [0.3, 0.4) is 0 Å². The second kappa shape index (κ2) is 7.84. The van der Waals surface area contributed by atoms with Gasteiger partial charge in [-0.25, -0.2) is 13.5 Å². The van der Waals surface area contributed by atoms with Gasteiger partial charge in [0.25, 0.3) is 6.65 Å². The van der Waals surface area contributed by atoms with E-state index in [2.05, 4.69) is 5.09 Å². The largest absolute Gasteiger partial charge is 0.497 e. The number of sulfonamides is 1. The van der Waals surface area contributed by atoms with Gasteiger partial charge in [0.1, 0.15) is 5.75 Å². The van der Waals surface area contributed by atoms with Crippen molar-refractivity contribution in [3.63, 3.8) is 0 Å². The summed E-state index contributed by atoms with van der Waals surface area (Å²) in [6, 6.07) is 6.01. The Morgan fingerprint density at radius 1 is 1.36 bits per heavy atom. The van der Waals surface area contributed by atoms with Crippen LogP contribution in [0.4, 0.5) is 0 Å². The van der Waals surface area contributed by atoms with Gasteiger partial charge in [-0.15, -0.1) is 4.08 Å². The number of nitrogens with zero attached hydrogens (tertiary/aromatic N) is 1. The SMILES string of the molecule is CCC(C)SP(=O)(NC)N(C)S(=O)(=O)c1ccc(OC)cc1. The number of rotatable bonds is 8. The van der Waals surface area contributed by atoms with E-state index in [9.17, 15) is 13.0 Å². The first-order chi connectivity index (χ1) is 10.2. The van der Waals surface area contributed by atoms with E-state index in [0.717, 1.165) is 21.9 Å². The first-order valence-electron chi connectivity index (χ1n) is 6.82. The van der Waals surface area contributed by atoms with E-state index < -0.39 is 16.7 Å². The van der Waals surface area contributed by atoms with Crippen LogP contribution in [0, 0.1) is 0 Å². The number of methoxy groups -OCH3 is 1. The smallest absolute Gasteiger partial charge is 0.282 e. The molecule has 6 nitrogen and oxygen atoms in total. The molecule has 1 rings (SSSR count). The second-order valence-electron chi connectivity index (χ2n) is 4.68. The molecule has 0 heterocycles. The van der Waals surface area contributed by atoms with Crippen molar-refractivity contribution in [1.29, 1.82) is 0 Å². The molecule has 0 fully saturated rings. The monoisotopic (exact) mass is 366 g/mol. The molecule has 0 aliphatic heterocycles. The van der Waals surface area contributed by atoms with Gasteiger partial charge in [-0.3, -0.25) is 4.57 Å². The predicted molar refractivity (Wildman–Crippen MR) is 92.0 cm³/mol. The average Bonchev–Trinajstić information content (AvgIpc) is 2.53. The Hall–Kier alpha value is -0.530. The van der Waals surface area contributed by atoms with Crippen LogP contribution in [0.25, 0.3) is 0 Å². The number of ether oxygens (including phenoxy) is 1. The normalized spacial score (nSPS) is 16.3. The van der Waals surface area contributed by atoms with Crippen LogP contribution >= 0.6 is 18.0 Å². The van der Waals surface area contributed by atoms with E-state index in [4.69, 9.17) is 4.74 Å². The minimum Gasteiger partial charge on any atom is -0.497 e. The maximum atomic E-state index is 13.0. The highest BCUT2D eigenvalue weighted by Gasteiger charge is 2.37. The van der Waals surface area contributed by atoms with E-state index in [-0.39, 0.29) is 10.1 Å². The Kier molecular flexibility index (Phi) is 6.95. The molecular weight excluding hydrogens is 343 g/mol. The van der Waals surface area contributed by atoms with Gasteiger partial charge in [0.15, 0.2) is 0 Å². The first kappa shape index (κ1) is 19.5. The van der Waals surface area contributed by atoms with Crippen LogP contribution in [0.1, 0.15) is 20.3 Å². The Bertz CT molecular complexity index is 634. The van der Waals surface area contributed by atoms with Gasteiger partial charge in [-0.2, -0.15) is 0 Å². The summed E-state index contributed by atoms with van der Waals surface area (Å²) in [4.78, 5) is 0.0797. The highest BCUT2D eigenvalue weighted by molar-refractivity contribution is 8.58. The molecule has 2 atom stereocenters. The van der Waals surface area contributed by atoms with E-state index >= 15 is 0 Å². The molecule has 0 aliphatic carbocycles. The number of benzene rings is 1. The second-order valence-corrected chi connectivity index (χ2v) is 12.1. The summed E-state index contributed by atoms with van der Waals surface area (Å²) in [5.41, 5.74) is 0. The highest BCUT2D eigenvalue weighted by Crippen LogP contribution is 2.60. The quantitative estimate of drug-likeness (QED) is 0.712. The van der Waals surface area contributed by atoms with E-state index in [1.54, 1.807) is 12.1 Å². The van der Waals surface area contributed by atoms with Crippen LogP contribution in [0.5, 0.6) is 5.75 Å². The fraction of sp³-hybridized carbons (Fsp3) is 0.538. The summed E-state index contributed by atoms with van der Waals surface area (Å²) in [6.07, 6.45) is 0.798. The zero-order chi connectivity index (χ0) is 17.0. The molecule has 1 aromatic rings. The molecule has 2 unspecified atom stereocenters. The molecule has 0 aromatic heterocycles. The topological polar surface area (TPSA) is 75.7 Å². The van der Waals surface area contributed by atoms with Gasteiger partial charge >= 0.3 is 0 Å². The lowest BCUT2D eigenvalue weighted by Crippen LogP contribution is -2.28. The van der Waals surface area contributed by atoms with E-state index in [1.807, 2.05) is 13.8 Å². The van der Waals surface area contributed by atoms with Crippen molar-refractivity contribution in [2.75, 3.05) is 21.2 Å². The lowest BCUT2D eigenvalue weighted by molar-refractivity contribution is 0.414. The molecule has 0 bridgehead atoms. The highest BCUT2D eigenvalue weighted by atomic mass is 32.7. The van der Waals surface area contributed by atoms with Crippen molar-refractivity contribution in [2.45, 2.75) is 30.4 Å². The average molecular weight is 366 g/mol. The van der Waals surface area contributed by atoms with Crippen molar-refractivity contribution >= 4 is 28.1 Å². The predicted octanol–water partition coefficient (Wildman–Crippen LogP) is 3.17. The molecule has 126 valence electrons. The third-order valence-electron chi connectivity index (χ3n) is 3.26. The maximum Gasteiger partial charge on any atom is 0.282 e. The van der Waals surface area contributed by atoms with Gasteiger partial charge in [0.2, 0.25) is 10.0 Å². The summed E-state index contributed by atoms with van der Waals surface area (Å²) in [6.45, 7) is 0.598. The van der Waals surface area contributed by atoms with Gasteiger partial charge in [-0.05, 0) is 37.7 Å². The van der Waals surface area contributed by atoms with Crippen LogP contribution in [0.2, 0.25) is 0 Å². The summed E-state index contributed by atoms with van der Waals surface area (Å²) in [5.74, 6) is 0.562. The lowest BCUT2D eigenvalue weighted by Gasteiger charge is -2.28. The fourth-order valence-corrected chi connectivity index (χ4v) is 8.98. The molecule has 0 saturated heterocycles. The Morgan fingerprint density at radius 2 is 1.91 bits per heavy atom. The Balaban J connectivity index is 3.15. The molecule has 0 spiro atoms. The maximum absolute atomic E-state index is 13.0. The number of hydrogen-bond donors (Lipinski definition) is 1. The summed E-state index contributed by atoms with van der Waals surface area (Å²) < 4.78 is 44.3. The van der Waals surface area contributed by atoms with Crippen molar-refractivity contribution in [3.8, 4) is 5.75 Å². The van der Waals surface area contributed by atoms with Crippen molar-refractivity contribution < 1.29 is 17.7 Å². The molecule has 1 N–H and O–H groups in total. The van der Waals surface area contributed by atoms with Gasteiger partial charge in [-0.1, -0.05) is 25.2 Å². The third-order valence-corrected chi connectivity index (χ3v) is 12.0. The minimum absolute atomic E-state index is 0.0757. The third kappa shape index (κ3) is 4.26. The summed E-state index contributed by atoms with van der Waals surface area (Å²) >= 11 is 1.15. The van der Waals surface area contributed by atoms with E-state index in [1.165, 1.54) is 33.3 Å². The molecule has 22 heavy (non-hydrogen) atoms. The molecule has 0 saturated carbocycles. The first-order valence-corrected chi connectivity index (χ1v) is 11.4. The molecule has 0 radical (unpaired) electrons. The Labute approximate surface area is 136 Å². The van der Waals surface area contributed by atoms with Crippen LogP contribution in [-0.4, -0.2) is 38.9 Å². The molecule has 0 aliphatic rings. The van der Waals surface area contributed by atoms with Gasteiger partial charge in [0, 0.05) is 12.3 Å². The fourth-order valence-electron chi connectivity index (χ4n) is 1.62. The zero-order valence-corrected chi connectivity index (χ0v) is 16.0. The van der Waals surface area contributed by atoms with Crippen LogP contribution in [-0.2, 0) is 14.6 Å². The summed E-state index contributed by atoms with van der Waals surface area (Å²) in [5, 5.41) is 2.76. The van der Waals surface area contributed by atoms with E-state index in [0.29, 0.717) is 5.75 Å². The number of nitrogens with one attached hydrogen (secondary N) is 1. The zero-order valence-electron chi connectivity index (χ0n) is 13.4. The van der Waals surface area contributed by atoms with Crippen molar-refractivity contribution in [2.24, 2.45) is 0 Å². The van der Waals surface area contributed by atoms with Crippen LogP contribution in [0.15, 0.2) is 29.2 Å². The van der Waals surface area contributed by atoms with Crippen molar-refractivity contribution in [1.82, 2.24) is 9.16 Å². The molecular formula is C13H23N2O4PS2. The molecule has 1 aromatic carbocycles. The van der Waals surface area contributed by atoms with Gasteiger partial charge in [0.05, 0.1) is 12.0 Å². The van der Waals surface area contributed by atoms with Crippen LogP contribution < -0.4 is 9.82 Å². The molecule has 9 heteroatoms. The standard InChI is InChI=1S/C13H23N2O4PS2/c1-6-11(2)21-20(16,14-3)15(4)22(17,18)13-9-7-12(19-5)8-10-13/h7-11H,6H2,1-5H3,(H,14,16). The Morgan fingerprint density at radius 3 is 2.32 bits per heavy atom. The van der Waals surface area contributed by atoms with Gasteiger partial charge < -0.3 is 4.74 Å².